The van der Waals surface area contributed by atoms with E-state index in [9.17, 15) is 4.79 Å². The maximum atomic E-state index is 12.5. The lowest BCUT2D eigenvalue weighted by Crippen LogP contribution is -2.55. The fraction of sp³-hybridized carbons (Fsp3) is 0.600. The average molecular weight is 537 g/mol. The first kappa shape index (κ1) is 24.0. The van der Waals surface area contributed by atoms with Crippen molar-refractivity contribution in [2.24, 2.45) is 4.99 Å². The molecule has 2 unspecified atom stereocenters. The number of halogens is 2. The van der Waals surface area contributed by atoms with E-state index in [1.54, 1.807) is 7.05 Å². The molecule has 0 radical (unpaired) electrons. The van der Waals surface area contributed by atoms with Crippen LogP contribution >= 0.6 is 35.6 Å². The quantitative estimate of drug-likeness (QED) is 0.356. The Bertz CT molecular complexity index is 675. The van der Waals surface area contributed by atoms with Crippen LogP contribution < -0.4 is 10.1 Å². The lowest BCUT2D eigenvalue weighted by atomic mass is 10.2. The number of aliphatic imine (C=N–C) groups is 1. The Morgan fingerprint density at radius 3 is 2.52 bits per heavy atom. The molecule has 3 rings (SSSR count). The van der Waals surface area contributed by atoms with Gasteiger partial charge in [-0.2, -0.15) is 0 Å². The summed E-state index contributed by atoms with van der Waals surface area (Å²) in [5.74, 6) is 1.75. The van der Waals surface area contributed by atoms with Gasteiger partial charge in [0.25, 0.3) is 5.91 Å². The predicted octanol–water partition coefficient (Wildman–Crippen LogP) is 2.62. The SMILES string of the molecule is CN=C(NCC(C)Oc1ccc(Cl)cc1)N1CCN(C(=O)C2CCCO2)CC1.I. The number of hydrogen-bond donors (Lipinski definition) is 1. The number of hydrogen-bond acceptors (Lipinski definition) is 4. The third kappa shape index (κ3) is 6.89. The van der Waals surface area contributed by atoms with Crippen molar-refractivity contribution in [1.29, 1.82) is 0 Å². The van der Waals surface area contributed by atoms with E-state index in [4.69, 9.17) is 21.1 Å². The minimum Gasteiger partial charge on any atom is -0.489 e. The first-order valence-corrected chi connectivity index (χ1v) is 10.2. The highest BCUT2D eigenvalue weighted by atomic mass is 127. The molecule has 29 heavy (non-hydrogen) atoms. The standard InChI is InChI=1S/C20H29ClN4O3.HI/c1-15(28-17-7-5-16(21)6-8-17)14-23-20(22-2)25-11-9-24(10-12-25)19(26)18-4-3-13-27-18;/h5-8,15,18H,3-4,9-14H2,1-2H3,(H,22,23);1H. The van der Waals surface area contributed by atoms with Crippen LogP contribution in [0.15, 0.2) is 29.3 Å². The van der Waals surface area contributed by atoms with Crippen LogP contribution in [0.25, 0.3) is 0 Å². The molecule has 0 aromatic heterocycles. The fourth-order valence-corrected chi connectivity index (χ4v) is 3.60. The molecule has 1 amide bonds. The summed E-state index contributed by atoms with van der Waals surface area (Å²) < 4.78 is 11.4. The minimum absolute atomic E-state index is 0. The Morgan fingerprint density at radius 1 is 1.28 bits per heavy atom. The van der Waals surface area contributed by atoms with E-state index in [0.717, 1.165) is 37.6 Å². The van der Waals surface area contributed by atoms with Crippen molar-refractivity contribution < 1.29 is 14.3 Å². The van der Waals surface area contributed by atoms with Crippen LogP contribution in [0.4, 0.5) is 0 Å². The van der Waals surface area contributed by atoms with Gasteiger partial charge in [0.05, 0.1) is 6.54 Å². The molecule has 7 nitrogen and oxygen atoms in total. The molecule has 2 atom stereocenters. The summed E-state index contributed by atoms with van der Waals surface area (Å²) in [4.78, 5) is 20.9. The molecule has 162 valence electrons. The molecule has 0 bridgehead atoms. The Balaban J connectivity index is 0.00000300. The van der Waals surface area contributed by atoms with Gasteiger partial charge in [0.1, 0.15) is 18.0 Å². The number of ether oxygens (including phenoxy) is 2. The number of nitrogens with zero attached hydrogens (tertiary/aromatic N) is 3. The van der Waals surface area contributed by atoms with Crippen molar-refractivity contribution in [2.45, 2.75) is 32.0 Å². The second kappa shape index (κ2) is 11.8. The predicted molar refractivity (Wildman–Crippen MR) is 125 cm³/mol. The van der Waals surface area contributed by atoms with Crippen molar-refractivity contribution in [3.63, 3.8) is 0 Å². The lowest BCUT2D eigenvalue weighted by Gasteiger charge is -2.37. The first-order chi connectivity index (χ1) is 13.6. The van der Waals surface area contributed by atoms with Crippen molar-refractivity contribution in [3.05, 3.63) is 29.3 Å². The van der Waals surface area contributed by atoms with Crippen LogP contribution in [0.1, 0.15) is 19.8 Å². The van der Waals surface area contributed by atoms with E-state index >= 15 is 0 Å². The number of carbonyl (C=O) groups excluding carboxylic acids is 1. The number of amides is 1. The molecule has 2 saturated heterocycles. The summed E-state index contributed by atoms with van der Waals surface area (Å²) in [6.45, 7) is 6.22. The van der Waals surface area contributed by atoms with E-state index in [0.29, 0.717) is 31.3 Å². The molecule has 0 aliphatic carbocycles. The van der Waals surface area contributed by atoms with Crippen LogP contribution in [0, 0.1) is 0 Å². The summed E-state index contributed by atoms with van der Waals surface area (Å²) in [6, 6.07) is 7.34. The van der Waals surface area contributed by atoms with E-state index in [2.05, 4.69) is 15.2 Å². The van der Waals surface area contributed by atoms with Gasteiger partial charge >= 0.3 is 0 Å². The Hall–Kier alpha value is -1.26. The molecule has 0 spiro atoms. The molecule has 9 heteroatoms. The van der Waals surface area contributed by atoms with Gasteiger partial charge in [0, 0.05) is 44.9 Å². The Labute approximate surface area is 194 Å². The third-order valence-electron chi connectivity index (χ3n) is 5.01. The van der Waals surface area contributed by atoms with E-state index in [1.165, 1.54) is 0 Å². The van der Waals surface area contributed by atoms with Crippen molar-refractivity contribution in [1.82, 2.24) is 15.1 Å². The van der Waals surface area contributed by atoms with Gasteiger partial charge in [-0.05, 0) is 44.0 Å². The average Bonchev–Trinajstić information content (AvgIpc) is 3.25. The van der Waals surface area contributed by atoms with Gasteiger partial charge in [-0.1, -0.05) is 11.6 Å². The van der Waals surface area contributed by atoms with Crippen molar-refractivity contribution in [2.75, 3.05) is 46.4 Å². The first-order valence-electron chi connectivity index (χ1n) is 9.85. The molecule has 2 heterocycles. The molecule has 2 aliphatic heterocycles. The Kier molecular flexibility index (Phi) is 9.78. The fourth-order valence-electron chi connectivity index (χ4n) is 3.47. The van der Waals surface area contributed by atoms with Crippen LogP contribution in [0.3, 0.4) is 0 Å². The molecule has 0 saturated carbocycles. The number of nitrogens with one attached hydrogen (secondary N) is 1. The minimum atomic E-state index is -0.241. The summed E-state index contributed by atoms with van der Waals surface area (Å²) in [7, 11) is 1.77. The van der Waals surface area contributed by atoms with Gasteiger partial charge in [0.2, 0.25) is 0 Å². The number of piperazine rings is 1. The number of rotatable bonds is 5. The molecule has 1 aromatic rings. The lowest BCUT2D eigenvalue weighted by molar-refractivity contribution is -0.142. The molecule has 1 aromatic carbocycles. The van der Waals surface area contributed by atoms with Gasteiger partial charge in [-0.3, -0.25) is 9.79 Å². The molecular weight excluding hydrogens is 507 g/mol. The maximum absolute atomic E-state index is 12.5. The number of benzene rings is 1. The maximum Gasteiger partial charge on any atom is 0.251 e. The molecule has 1 N–H and O–H groups in total. The van der Waals surface area contributed by atoms with Gasteiger partial charge in [-0.25, -0.2) is 0 Å². The molecule has 2 aliphatic rings. The van der Waals surface area contributed by atoms with Gasteiger partial charge < -0.3 is 24.6 Å². The highest BCUT2D eigenvalue weighted by Gasteiger charge is 2.30. The number of guanidine groups is 1. The highest BCUT2D eigenvalue weighted by Crippen LogP contribution is 2.17. The topological polar surface area (TPSA) is 66.4 Å². The summed E-state index contributed by atoms with van der Waals surface area (Å²) in [5.41, 5.74) is 0. The van der Waals surface area contributed by atoms with E-state index < -0.39 is 0 Å². The van der Waals surface area contributed by atoms with Crippen LogP contribution in [-0.2, 0) is 9.53 Å². The van der Waals surface area contributed by atoms with Crippen LogP contribution in [0.5, 0.6) is 5.75 Å². The van der Waals surface area contributed by atoms with Gasteiger partial charge in [-0.15, -0.1) is 24.0 Å². The smallest absolute Gasteiger partial charge is 0.251 e. The summed E-state index contributed by atoms with van der Waals surface area (Å²) in [6.07, 6.45) is 1.55. The van der Waals surface area contributed by atoms with Crippen molar-refractivity contribution in [3.8, 4) is 5.75 Å². The zero-order valence-corrected chi connectivity index (χ0v) is 20.1. The van der Waals surface area contributed by atoms with Crippen LogP contribution in [0.2, 0.25) is 5.02 Å². The molecule has 2 fully saturated rings. The van der Waals surface area contributed by atoms with Crippen LogP contribution in [-0.4, -0.2) is 80.3 Å². The summed E-state index contributed by atoms with van der Waals surface area (Å²) >= 11 is 5.90. The van der Waals surface area contributed by atoms with Crippen molar-refractivity contribution >= 4 is 47.4 Å². The highest BCUT2D eigenvalue weighted by molar-refractivity contribution is 14.0. The van der Waals surface area contributed by atoms with Gasteiger partial charge in [0.15, 0.2) is 5.96 Å². The second-order valence-corrected chi connectivity index (χ2v) is 7.56. The third-order valence-corrected chi connectivity index (χ3v) is 5.26. The number of carbonyl (C=O) groups is 1. The molecular formula is C20H30ClIN4O3. The van der Waals surface area contributed by atoms with E-state index in [1.807, 2.05) is 36.1 Å². The largest absolute Gasteiger partial charge is 0.489 e. The van der Waals surface area contributed by atoms with E-state index in [-0.39, 0.29) is 42.1 Å². The normalized spacial score (nSPS) is 20.8. The monoisotopic (exact) mass is 536 g/mol. The Morgan fingerprint density at radius 2 is 1.93 bits per heavy atom. The second-order valence-electron chi connectivity index (χ2n) is 7.12. The zero-order valence-electron chi connectivity index (χ0n) is 17.0. The summed E-state index contributed by atoms with van der Waals surface area (Å²) in [5, 5.41) is 4.06. The zero-order chi connectivity index (χ0) is 19.9.